The molecule has 1 fully saturated rings. The van der Waals surface area contributed by atoms with Crippen LogP contribution in [0, 0.1) is 5.82 Å². The number of anilines is 1. The number of nitrogens with one attached hydrogen (secondary N) is 1. The average Bonchev–Trinajstić information content (AvgIpc) is 3.43. The lowest BCUT2D eigenvalue weighted by Gasteiger charge is -2.34. The average molecular weight is 631 g/mol. The van der Waals surface area contributed by atoms with Gasteiger partial charge in [-0.05, 0) is 54.3 Å². The van der Waals surface area contributed by atoms with Gasteiger partial charge < -0.3 is 10.2 Å². The number of carbonyl (C=O) groups excluding carboxylic acids is 2. The van der Waals surface area contributed by atoms with Gasteiger partial charge in [-0.1, -0.05) is 77.3 Å². The van der Waals surface area contributed by atoms with Gasteiger partial charge >= 0.3 is 0 Å². The highest BCUT2D eigenvalue weighted by Gasteiger charge is 2.34. The van der Waals surface area contributed by atoms with E-state index in [4.69, 9.17) is 0 Å². The van der Waals surface area contributed by atoms with Crippen molar-refractivity contribution in [3.63, 3.8) is 0 Å². The van der Waals surface area contributed by atoms with Crippen molar-refractivity contribution >= 4 is 43.5 Å². The molecular weight excluding hydrogens is 597 g/mol. The third-order valence-electron chi connectivity index (χ3n) is 7.01. The highest BCUT2D eigenvalue weighted by Crippen LogP contribution is 2.24. The molecule has 40 heavy (non-hydrogen) atoms. The van der Waals surface area contributed by atoms with Crippen LogP contribution in [-0.2, 0) is 32.6 Å². The summed E-state index contributed by atoms with van der Waals surface area (Å²) in [4.78, 5) is 29.3. The Bertz CT molecular complexity index is 1410. The molecule has 0 unspecified atom stereocenters. The Hall–Kier alpha value is -3.24. The van der Waals surface area contributed by atoms with E-state index in [2.05, 4.69) is 21.2 Å². The molecule has 0 aliphatic heterocycles. The lowest BCUT2D eigenvalue weighted by molar-refractivity contribution is -0.140. The molecule has 3 aromatic rings. The summed E-state index contributed by atoms with van der Waals surface area (Å²) in [5.41, 5.74) is 1.80. The number of hydrogen-bond donors (Lipinski definition) is 1. The Kier molecular flexibility index (Phi) is 9.97. The quantitative estimate of drug-likeness (QED) is 0.321. The fraction of sp³-hybridized carbons (Fsp3) is 0.333. The highest BCUT2D eigenvalue weighted by molar-refractivity contribution is 9.10. The maximum atomic E-state index is 14.1. The lowest BCUT2D eigenvalue weighted by Crippen LogP contribution is -2.54. The third-order valence-corrected chi connectivity index (χ3v) is 8.65. The van der Waals surface area contributed by atoms with Crippen molar-refractivity contribution in [2.45, 2.75) is 50.7 Å². The molecule has 0 spiro atoms. The number of hydrogen-bond acceptors (Lipinski definition) is 4. The molecule has 0 bridgehead atoms. The van der Waals surface area contributed by atoms with Crippen molar-refractivity contribution in [2.75, 3.05) is 17.1 Å². The van der Waals surface area contributed by atoms with Crippen LogP contribution in [0.1, 0.15) is 36.8 Å². The van der Waals surface area contributed by atoms with Crippen molar-refractivity contribution in [1.82, 2.24) is 10.2 Å². The van der Waals surface area contributed by atoms with Crippen molar-refractivity contribution in [3.05, 3.63) is 100 Å². The number of halogens is 2. The molecule has 1 aliphatic rings. The normalized spacial score (nSPS) is 14.5. The second-order valence-electron chi connectivity index (χ2n) is 10.1. The Labute approximate surface area is 243 Å². The third kappa shape index (κ3) is 8.14. The maximum absolute atomic E-state index is 14.1. The van der Waals surface area contributed by atoms with Gasteiger partial charge in [-0.25, -0.2) is 12.8 Å². The summed E-state index contributed by atoms with van der Waals surface area (Å²) in [6.45, 7) is -0.497. The number of benzene rings is 3. The first-order chi connectivity index (χ1) is 19.1. The molecule has 10 heteroatoms. The summed E-state index contributed by atoms with van der Waals surface area (Å²) in [6.07, 6.45) is 5.09. The first kappa shape index (κ1) is 29.7. The second kappa shape index (κ2) is 13.4. The standard InChI is InChI=1S/C30H33BrFN3O4S/c1-40(38,39)35(27-13-7-10-24(31)19-27)21-29(36)34(20-23-14-16-25(32)17-15-23)28(18-22-8-3-2-4-9-22)30(37)33-26-11-5-6-12-26/h2-4,7-10,13-17,19,26,28H,5-6,11-12,18,20-21H2,1H3,(H,33,37)/t28-/m0/s1. The van der Waals surface area contributed by atoms with Crippen LogP contribution in [0.15, 0.2) is 83.3 Å². The van der Waals surface area contributed by atoms with Crippen molar-refractivity contribution in [3.8, 4) is 0 Å². The molecule has 7 nitrogen and oxygen atoms in total. The molecule has 2 amide bonds. The molecule has 1 aliphatic carbocycles. The van der Waals surface area contributed by atoms with Gasteiger partial charge in [0.1, 0.15) is 18.4 Å². The summed E-state index contributed by atoms with van der Waals surface area (Å²) in [5.74, 6) is -1.25. The Morgan fingerprint density at radius 3 is 2.27 bits per heavy atom. The van der Waals surface area contributed by atoms with Gasteiger partial charge in [0.15, 0.2) is 0 Å². The van der Waals surface area contributed by atoms with E-state index >= 15 is 0 Å². The smallest absolute Gasteiger partial charge is 0.244 e. The van der Waals surface area contributed by atoms with Crippen LogP contribution in [0.2, 0.25) is 0 Å². The summed E-state index contributed by atoms with van der Waals surface area (Å²) < 4.78 is 41.1. The van der Waals surface area contributed by atoms with E-state index < -0.39 is 34.3 Å². The van der Waals surface area contributed by atoms with E-state index in [1.807, 2.05) is 30.3 Å². The van der Waals surface area contributed by atoms with Crippen LogP contribution in [0.25, 0.3) is 0 Å². The Balaban J connectivity index is 1.72. The first-order valence-electron chi connectivity index (χ1n) is 13.2. The monoisotopic (exact) mass is 629 g/mol. The topological polar surface area (TPSA) is 86.8 Å². The van der Waals surface area contributed by atoms with Gasteiger partial charge in [-0.2, -0.15) is 0 Å². The molecule has 3 aromatic carbocycles. The fourth-order valence-electron chi connectivity index (χ4n) is 4.95. The molecule has 1 saturated carbocycles. The summed E-state index contributed by atoms with van der Waals surface area (Å²) in [5, 5.41) is 3.12. The van der Waals surface area contributed by atoms with Crippen LogP contribution in [0.3, 0.4) is 0 Å². The largest absolute Gasteiger partial charge is 0.352 e. The van der Waals surface area contributed by atoms with Gasteiger partial charge in [0.2, 0.25) is 21.8 Å². The number of sulfonamides is 1. The molecule has 0 radical (unpaired) electrons. The van der Waals surface area contributed by atoms with E-state index in [-0.39, 0.29) is 24.9 Å². The van der Waals surface area contributed by atoms with Gasteiger partial charge in [-0.15, -0.1) is 0 Å². The van der Waals surface area contributed by atoms with E-state index in [0.29, 0.717) is 15.7 Å². The van der Waals surface area contributed by atoms with Crippen molar-refractivity contribution < 1.29 is 22.4 Å². The maximum Gasteiger partial charge on any atom is 0.244 e. The number of carbonyl (C=O) groups is 2. The molecule has 4 rings (SSSR count). The summed E-state index contributed by atoms with van der Waals surface area (Å²) >= 11 is 3.36. The van der Waals surface area contributed by atoms with Crippen LogP contribution >= 0.6 is 15.9 Å². The molecule has 212 valence electrons. The highest BCUT2D eigenvalue weighted by atomic mass is 79.9. The Morgan fingerprint density at radius 2 is 1.65 bits per heavy atom. The predicted octanol–water partition coefficient (Wildman–Crippen LogP) is 5.05. The molecule has 0 saturated heterocycles. The lowest BCUT2D eigenvalue weighted by atomic mass is 10.0. The Morgan fingerprint density at radius 1 is 0.975 bits per heavy atom. The molecule has 1 atom stereocenters. The van der Waals surface area contributed by atoms with Gasteiger partial charge in [0, 0.05) is 23.5 Å². The van der Waals surface area contributed by atoms with Crippen LogP contribution < -0.4 is 9.62 Å². The second-order valence-corrected chi connectivity index (χ2v) is 12.9. The number of amides is 2. The molecular formula is C30H33BrFN3O4S. The van der Waals surface area contributed by atoms with E-state index in [1.54, 1.807) is 36.4 Å². The van der Waals surface area contributed by atoms with Crippen LogP contribution in [0.5, 0.6) is 0 Å². The predicted molar refractivity (Wildman–Crippen MR) is 158 cm³/mol. The number of rotatable bonds is 11. The minimum atomic E-state index is -3.85. The zero-order valence-corrected chi connectivity index (χ0v) is 24.7. The molecule has 1 N–H and O–H groups in total. The summed E-state index contributed by atoms with van der Waals surface area (Å²) in [7, 11) is -3.85. The minimum absolute atomic E-state index is 0.00475. The zero-order chi connectivity index (χ0) is 28.7. The van der Waals surface area contributed by atoms with Gasteiger partial charge in [0.05, 0.1) is 11.9 Å². The van der Waals surface area contributed by atoms with Crippen molar-refractivity contribution in [2.24, 2.45) is 0 Å². The van der Waals surface area contributed by atoms with E-state index in [0.717, 1.165) is 41.8 Å². The number of nitrogens with zero attached hydrogens (tertiary/aromatic N) is 2. The minimum Gasteiger partial charge on any atom is -0.352 e. The van der Waals surface area contributed by atoms with Gasteiger partial charge in [-0.3, -0.25) is 13.9 Å². The van der Waals surface area contributed by atoms with Crippen LogP contribution in [-0.4, -0.2) is 50.0 Å². The summed E-state index contributed by atoms with van der Waals surface area (Å²) in [6, 6.07) is 20.9. The van der Waals surface area contributed by atoms with E-state index in [1.165, 1.54) is 17.0 Å². The first-order valence-corrected chi connectivity index (χ1v) is 15.9. The zero-order valence-electron chi connectivity index (χ0n) is 22.3. The molecule has 0 heterocycles. The van der Waals surface area contributed by atoms with Crippen LogP contribution in [0.4, 0.5) is 10.1 Å². The van der Waals surface area contributed by atoms with E-state index in [9.17, 15) is 22.4 Å². The SMILES string of the molecule is CS(=O)(=O)N(CC(=O)N(Cc1ccc(F)cc1)[C@@H](Cc1ccccc1)C(=O)NC1CCCC1)c1cccc(Br)c1. The van der Waals surface area contributed by atoms with Gasteiger partial charge in [0.25, 0.3) is 0 Å². The van der Waals surface area contributed by atoms with Crippen molar-refractivity contribution in [1.29, 1.82) is 0 Å². The fourth-order valence-corrected chi connectivity index (χ4v) is 6.18. The molecule has 0 aromatic heterocycles.